The van der Waals surface area contributed by atoms with E-state index in [0.717, 1.165) is 62.2 Å². The summed E-state index contributed by atoms with van der Waals surface area (Å²) in [6, 6.07) is 0. The van der Waals surface area contributed by atoms with Crippen molar-refractivity contribution in [3.05, 3.63) is 11.6 Å². The highest BCUT2D eigenvalue weighted by molar-refractivity contribution is 6.29. The molecule has 0 aromatic carbocycles. The number of hydrogen-bond acceptors (Lipinski definition) is 2. The molecule has 0 aliphatic heterocycles. The van der Waals surface area contributed by atoms with Gasteiger partial charge in [0.2, 0.25) is 0 Å². The molecule has 212 valence electrons. The van der Waals surface area contributed by atoms with Crippen LogP contribution in [0, 0.1) is 34.5 Å². The maximum absolute atomic E-state index is 12.6. The Morgan fingerprint density at radius 3 is 2.46 bits per heavy atom. The molecule has 3 saturated carbocycles. The Bertz CT molecular complexity index is 776. The van der Waals surface area contributed by atoms with Gasteiger partial charge in [-0.3, -0.25) is 4.79 Å². The van der Waals surface area contributed by atoms with E-state index in [9.17, 15) is 4.79 Å². The smallest absolute Gasteiger partial charge is 0.324 e. The molecular formula is C34H57ClO2. The molecule has 0 aromatic heterocycles. The number of halogens is 1. The fourth-order valence-electron chi connectivity index (χ4n) is 9.41. The minimum absolute atomic E-state index is 0.0258. The average molecular weight is 533 g/mol. The van der Waals surface area contributed by atoms with Crippen molar-refractivity contribution >= 4 is 17.6 Å². The van der Waals surface area contributed by atoms with Gasteiger partial charge < -0.3 is 4.74 Å². The summed E-state index contributed by atoms with van der Waals surface area (Å²) in [7, 11) is 0. The van der Waals surface area contributed by atoms with E-state index in [1.807, 2.05) is 0 Å². The van der Waals surface area contributed by atoms with Gasteiger partial charge in [-0.1, -0.05) is 97.1 Å². The van der Waals surface area contributed by atoms with Gasteiger partial charge in [-0.2, -0.15) is 0 Å². The molecule has 8 atom stereocenters. The van der Waals surface area contributed by atoms with Gasteiger partial charge >= 0.3 is 5.97 Å². The molecule has 0 saturated heterocycles. The highest BCUT2D eigenvalue weighted by Gasteiger charge is 2.58. The van der Waals surface area contributed by atoms with E-state index in [2.05, 4.69) is 33.8 Å². The molecular weight excluding hydrogens is 476 g/mol. The first kappa shape index (κ1) is 29.5. The Hall–Kier alpha value is -0.500. The number of unbranched alkanes of at least 4 members (excludes halogenated alkanes) is 7. The van der Waals surface area contributed by atoms with Crippen LogP contribution in [-0.2, 0) is 9.53 Å². The molecule has 0 radical (unpaired) electrons. The summed E-state index contributed by atoms with van der Waals surface area (Å²) >= 11 is 6.39. The van der Waals surface area contributed by atoms with Crippen LogP contribution in [0.3, 0.4) is 0 Å². The van der Waals surface area contributed by atoms with E-state index in [1.165, 1.54) is 83.5 Å². The molecule has 4 aliphatic rings. The summed E-state index contributed by atoms with van der Waals surface area (Å²) in [6.45, 7) is 9.74. The predicted octanol–water partition coefficient (Wildman–Crippen LogP) is 10.4. The van der Waals surface area contributed by atoms with Gasteiger partial charge in [-0.25, -0.2) is 0 Å². The maximum atomic E-state index is 12.6. The monoisotopic (exact) mass is 532 g/mol. The Morgan fingerprint density at radius 1 is 0.946 bits per heavy atom. The number of fused-ring (bicyclic) bond motifs is 5. The van der Waals surface area contributed by atoms with Gasteiger partial charge in [0.25, 0.3) is 0 Å². The fraction of sp³-hybridized carbons (Fsp3) is 0.912. The predicted molar refractivity (Wildman–Crippen MR) is 157 cm³/mol. The van der Waals surface area contributed by atoms with Crippen LogP contribution in [0.4, 0.5) is 0 Å². The number of alkyl halides is 1. The third kappa shape index (κ3) is 6.47. The molecule has 0 unspecified atom stereocenters. The zero-order valence-electron chi connectivity index (χ0n) is 24.7. The molecule has 4 aliphatic carbocycles. The zero-order valence-corrected chi connectivity index (χ0v) is 25.4. The summed E-state index contributed by atoms with van der Waals surface area (Å²) in [4.78, 5) is 12.6. The van der Waals surface area contributed by atoms with E-state index in [4.69, 9.17) is 16.3 Å². The minimum atomic E-state index is -0.479. The second-order valence-electron chi connectivity index (χ2n) is 13.9. The molecule has 0 amide bonds. The van der Waals surface area contributed by atoms with E-state index in [1.54, 1.807) is 5.57 Å². The number of allylic oxidation sites excluding steroid dienone is 1. The van der Waals surface area contributed by atoms with Crippen LogP contribution in [0.1, 0.15) is 150 Å². The largest absolute Gasteiger partial charge is 0.461 e. The van der Waals surface area contributed by atoms with Crippen molar-refractivity contribution in [1.82, 2.24) is 0 Å². The lowest BCUT2D eigenvalue weighted by molar-refractivity contribution is -0.151. The number of hydrogen-bond donors (Lipinski definition) is 0. The highest BCUT2D eigenvalue weighted by Crippen LogP contribution is 2.66. The van der Waals surface area contributed by atoms with E-state index in [0.29, 0.717) is 10.8 Å². The van der Waals surface area contributed by atoms with Crippen LogP contribution in [0.15, 0.2) is 11.6 Å². The van der Waals surface area contributed by atoms with Gasteiger partial charge in [0.1, 0.15) is 11.5 Å². The van der Waals surface area contributed by atoms with E-state index >= 15 is 0 Å². The lowest BCUT2D eigenvalue weighted by Crippen LogP contribution is -2.50. The fourth-order valence-corrected chi connectivity index (χ4v) is 9.62. The van der Waals surface area contributed by atoms with Gasteiger partial charge in [-0.15, -0.1) is 11.6 Å². The number of rotatable bonds is 13. The molecule has 0 N–H and O–H groups in total. The Labute approximate surface area is 234 Å². The van der Waals surface area contributed by atoms with Crippen LogP contribution in [0.2, 0.25) is 0 Å². The van der Waals surface area contributed by atoms with Crippen molar-refractivity contribution in [1.29, 1.82) is 0 Å². The Balaban J connectivity index is 1.32. The lowest BCUT2D eigenvalue weighted by Gasteiger charge is -2.58. The minimum Gasteiger partial charge on any atom is -0.461 e. The first-order valence-electron chi connectivity index (χ1n) is 16.4. The van der Waals surface area contributed by atoms with Gasteiger partial charge in [0, 0.05) is 6.42 Å². The van der Waals surface area contributed by atoms with Crippen molar-refractivity contribution in [3.63, 3.8) is 0 Å². The average Bonchev–Trinajstić information content (AvgIpc) is 3.22. The summed E-state index contributed by atoms with van der Waals surface area (Å²) in [6.07, 6.45) is 26.8. The first-order chi connectivity index (χ1) is 17.8. The zero-order chi connectivity index (χ0) is 26.5. The number of carbonyl (C=O) groups is 1. The lowest BCUT2D eigenvalue weighted by atomic mass is 9.47. The maximum Gasteiger partial charge on any atom is 0.324 e. The molecule has 0 aromatic rings. The van der Waals surface area contributed by atoms with Crippen LogP contribution >= 0.6 is 11.6 Å². The number of ether oxygens (including phenoxy) is 1. The Kier molecular flexibility index (Phi) is 10.5. The number of carbonyl (C=O) groups excluding carboxylic acids is 1. The van der Waals surface area contributed by atoms with Crippen molar-refractivity contribution in [2.45, 2.75) is 161 Å². The molecule has 0 heterocycles. The summed E-state index contributed by atoms with van der Waals surface area (Å²) in [5, 5.41) is -0.479. The molecule has 0 spiro atoms. The van der Waals surface area contributed by atoms with Crippen LogP contribution < -0.4 is 0 Å². The van der Waals surface area contributed by atoms with Gasteiger partial charge in [0.05, 0.1) is 0 Å². The summed E-state index contributed by atoms with van der Waals surface area (Å²) in [5.41, 5.74) is 2.48. The van der Waals surface area contributed by atoms with Crippen molar-refractivity contribution in [3.8, 4) is 0 Å². The van der Waals surface area contributed by atoms with Gasteiger partial charge in [-0.05, 0) is 92.3 Å². The van der Waals surface area contributed by atoms with Crippen molar-refractivity contribution in [2.75, 3.05) is 0 Å². The summed E-state index contributed by atoms with van der Waals surface area (Å²) in [5.74, 6) is 3.38. The van der Waals surface area contributed by atoms with E-state index < -0.39 is 5.38 Å². The second-order valence-corrected chi connectivity index (χ2v) is 14.4. The quantitative estimate of drug-likeness (QED) is 0.102. The topological polar surface area (TPSA) is 26.3 Å². The molecule has 3 heteroatoms. The molecule has 2 nitrogen and oxygen atoms in total. The van der Waals surface area contributed by atoms with E-state index in [-0.39, 0.29) is 12.1 Å². The van der Waals surface area contributed by atoms with Crippen molar-refractivity contribution < 1.29 is 9.53 Å². The standard InChI is InChI=1S/C34H57ClO2/c1-5-7-9-10-11-13-14-25-17-19-29-28-18-16-26-24-27(37-32(36)31(35)15-12-8-6-2)20-22-34(26,4)30(28)21-23-33(25,29)3/h16,25,27-31H,5-15,17-24H2,1-4H3/t25-,27+,28+,29-,30+,31-,33-,34+/m1/s1. The van der Waals surface area contributed by atoms with Crippen LogP contribution in [0.25, 0.3) is 0 Å². The Morgan fingerprint density at radius 2 is 1.68 bits per heavy atom. The molecule has 4 rings (SSSR count). The molecule has 3 fully saturated rings. The third-order valence-corrected chi connectivity index (χ3v) is 12.2. The molecule has 37 heavy (non-hydrogen) atoms. The highest BCUT2D eigenvalue weighted by atomic mass is 35.5. The SMILES string of the molecule is CCCCCCCC[C@@H]1CC[C@@H]2[C@@H]3CC=C4C[C@@H](OC(=O)[C@H](Cl)CCCCC)CC[C@]4(C)[C@H]3CC[C@]12C. The summed E-state index contributed by atoms with van der Waals surface area (Å²) < 4.78 is 5.97. The number of esters is 1. The third-order valence-electron chi connectivity index (χ3n) is 11.8. The molecule has 0 bridgehead atoms. The second kappa shape index (κ2) is 13.2. The van der Waals surface area contributed by atoms with Crippen LogP contribution in [-0.4, -0.2) is 17.5 Å². The van der Waals surface area contributed by atoms with Crippen molar-refractivity contribution in [2.24, 2.45) is 34.5 Å². The van der Waals surface area contributed by atoms with Crippen LogP contribution in [0.5, 0.6) is 0 Å². The normalized spacial score (nSPS) is 37.8. The first-order valence-corrected chi connectivity index (χ1v) is 16.8. The van der Waals surface area contributed by atoms with Gasteiger partial charge in [0.15, 0.2) is 0 Å².